The van der Waals surface area contributed by atoms with E-state index in [1.165, 1.54) is 0 Å². The standard InChI is InChI=1S/C26H24N4O4/c1-18-14-25(29-34-18)28-26(31)19(16-27)15-20-17-30(24-7-4-3-6-23(20)24)12-5-13-33-22-10-8-21(32-2)9-11-22/h3-4,6-11,14-15,17H,5,12-13H2,1-2H3,(H,28,29,31)/b19-15-. The maximum absolute atomic E-state index is 12.6. The van der Waals surface area contributed by atoms with Crippen molar-refractivity contribution >= 4 is 28.7 Å². The Labute approximate surface area is 197 Å². The first-order valence-electron chi connectivity index (χ1n) is 10.8. The first-order valence-corrected chi connectivity index (χ1v) is 10.8. The van der Waals surface area contributed by atoms with Crippen molar-refractivity contribution in [2.75, 3.05) is 19.0 Å². The average Bonchev–Trinajstić information content (AvgIpc) is 3.43. The molecule has 0 aliphatic heterocycles. The van der Waals surface area contributed by atoms with E-state index in [4.69, 9.17) is 14.0 Å². The van der Waals surface area contributed by atoms with Crippen LogP contribution in [0.15, 0.2) is 70.9 Å². The van der Waals surface area contributed by atoms with E-state index < -0.39 is 5.91 Å². The Morgan fingerprint density at radius 3 is 2.68 bits per heavy atom. The summed E-state index contributed by atoms with van der Waals surface area (Å²) in [5.74, 6) is 1.86. The van der Waals surface area contributed by atoms with Crippen LogP contribution in [0.1, 0.15) is 17.7 Å². The molecule has 2 heterocycles. The summed E-state index contributed by atoms with van der Waals surface area (Å²) in [5, 5.41) is 16.9. The first-order chi connectivity index (χ1) is 16.6. The molecule has 8 heteroatoms. The fourth-order valence-electron chi connectivity index (χ4n) is 3.59. The Kier molecular flexibility index (Phi) is 6.94. The van der Waals surface area contributed by atoms with Gasteiger partial charge in [-0.1, -0.05) is 23.4 Å². The number of nitrogens with one attached hydrogen (secondary N) is 1. The number of methoxy groups -OCH3 is 1. The monoisotopic (exact) mass is 456 g/mol. The zero-order valence-corrected chi connectivity index (χ0v) is 18.9. The van der Waals surface area contributed by atoms with Gasteiger partial charge in [-0.3, -0.25) is 4.79 Å². The average molecular weight is 457 g/mol. The van der Waals surface area contributed by atoms with Crippen LogP contribution in [0.5, 0.6) is 11.5 Å². The molecule has 4 aromatic rings. The van der Waals surface area contributed by atoms with Gasteiger partial charge in [-0.25, -0.2) is 0 Å². The summed E-state index contributed by atoms with van der Waals surface area (Å²) in [7, 11) is 1.63. The van der Waals surface area contributed by atoms with Gasteiger partial charge in [-0.05, 0) is 49.8 Å². The van der Waals surface area contributed by atoms with E-state index in [2.05, 4.69) is 15.0 Å². The summed E-state index contributed by atoms with van der Waals surface area (Å²) in [5.41, 5.74) is 1.78. The van der Waals surface area contributed by atoms with Gasteiger partial charge in [-0.2, -0.15) is 5.26 Å². The van der Waals surface area contributed by atoms with Gasteiger partial charge in [0.15, 0.2) is 5.82 Å². The summed E-state index contributed by atoms with van der Waals surface area (Å²) in [4.78, 5) is 12.6. The van der Waals surface area contributed by atoms with Crippen molar-refractivity contribution in [2.24, 2.45) is 0 Å². The Bertz CT molecular complexity index is 1360. The summed E-state index contributed by atoms with van der Waals surface area (Å²) in [6.07, 6.45) is 4.32. The number of carbonyl (C=O) groups excluding carboxylic acids is 1. The fraction of sp³-hybridized carbons (Fsp3) is 0.192. The largest absolute Gasteiger partial charge is 0.497 e. The van der Waals surface area contributed by atoms with Crippen LogP contribution in [-0.4, -0.2) is 29.3 Å². The number of aryl methyl sites for hydroxylation is 2. The smallest absolute Gasteiger partial charge is 0.267 e. The molecule has 0 saturated carbocycles. The molecule has 2 aromatic carbocycles. The van der Waals surface area contributed by atoms with Gasteiger partial charge in [0.1, 0.15) is 28.9 Å². The molecule has 0 unspecified atom stereocenters. The molecule has 0 fully saturated rings. The fourth-order valence-corrected chi connectivity index (χ4v) is 3.59. The number of hydrogen-bond acceptors (Lipinski definition) is 6. The molecular formula is C26H24N4O4. The number of carbonyl (C=O) groups is 1. The van der Waals surface area contributed by atoms with Crippen molar-refractivity contribution in [3.05, 3.63) is 77.7 Å². The number of nitriles is 1. The zero-order chi connectivity index (χ0) is 23.9. The maximum Gasteiger partial charge on any atom is 0.267 e. The number of benzene rings is 2. The lowest BCUT2D eigenvalue weighted by atomic mass is 10.1. The molecule has 0 spiro atoms. The molecule has 172 valence electrons. The number of para-hydroxylation sites is 1. The number of nitrogens with zero attached hydrogens (tertiary/aromatic N) is 3. The maximum atomic E-state index is 12.6. The molecule has 0 saturated heterocycles. The normalized spacial score (nSPS) is 11.3. The zero-order valence-electron chi connectivity index (χ0n) is 18.9. The van der Waals surface area contributed by atoms with Crippen molar-refractivity contribution in [2.45, 2.75) is 19.9 Å². The van der Waals surface area contributed by atoms with Crippen LogP contribution in [0.25, 0.3) is 17.0 Å². The molecule has 1 amide bonds. The van der Waals surface area contributed by atoms with Crippen LogP contribution in [-0.2, 0) is 11.3 Å². The number of rotatable bonds is 9. The number of aromatic nitrogens is 2. The van der Waals surface area contributed by atoms with Crippen molar-refractivity contribution in [3.8, 4) is 17.6 Å². The lowest BCUT2D eigenvalue weighted by Gasteiger charge is -2.08. The SMILES string of the molecule is COc1ccc(OCCCn2cc(/C=C(/C#N)C(=O)Nc3cc(C)on3)c3ccccc32)cc1. The lowest BCUT2D eigenvalue weighted by molar-refractivity contribution is -0.112. The van der Waals surface area contributed by atoms with Crippen molar-refractivity contribution in [1.82, 2.24) is 9.72 Å². The molecule has 0 aliphatic rings. The second-order valence-electron chi connectivity index (χ2n) is 7.62. The van der Waals surface area contributed by atoms with E-state index in [1.54, 1.807) is 26.2 Å². The van der Waals surface area contributed by atoms with Gasteiger partial charge in [-0.15, -0.1) is 0 Å². The van der Waals surface area contributed by atoms with E-state index in [-0.39, 0.29) is 11.4 Å². The topological polar surface area (TPSA) is 102 Å². The number of ether oxygens (including phenoxy) is 2. The molecule has 0 aliphatic carbocycles. The summed E-state index contributed by atoms with van der Waals surface area (Å²) in [6.45, 7) is 2.99. The molecule has 2 aromatic heterocycles. The number of anilines is 1. The van der Waals surface area contributed by atoms with Gasteiger partial charge in [0.05, 0.1) is 13.7 Å². The highest BCUT2D eigenvalue weighted by atomic mass is 16.5. The third kappa shape index (κ3) is 5.27. The van der Waals surface area contributed by atoms with Crippen LogP contribution >= 0.6 is 0 Å². The lowest BCUT2D eigenvalue weighted by Crippen LogP contribution is -2.13. The molecular weight excluding hydrogens is 432 g/mol. The summed E-state index contributed by atoms with van der Waals surface area (Å²) in [6, 6.07) is 18.9. The van der Waals surface area contributed by atoms with E-state index in [1.807, 2.05) is 60.8 Å². The molecule has 0 radical (unpaired) electrons. The molecule has 8 nitrogen and oxygen atoms in total. The molecule has 0 atom stereocenters. The quantitative estimate of drug-likeness (QED) is 0.217. The Morgan fingerprint density at radius 1 is 1.21 bits per heavy atom. The Hall–Kier alpha value is -4.51. The van der Waals surface area contributed by atoms with Crippen LogP contribution in [0.2, 0.25) is 0 Å². The van der Waals surface area contributed by atoms with E-state index in [0.29, 0.717) is 12.4 Å². The predicted molar refractivity (Wildman–Crippen MR) is 129 cm³/mol. The van der Waals surface area contributed by atoms with Gasteiger partial charge in [0.25, 0.3) is 5.91 Å². The second-order valence-corrected chi connectivity index (χ2v) is 7.62. The van der Waals surface area contributed by atoms with Crippen LogP contribution < -0.4 is 14.8 Å². The first kappa shape index (κ1) is 22.7. The minimum atomic E-state index is -0.541. The minimum Gasteiger partial charge on any atom is -0.497 e. The van der Waals surface area contributed by atoms with E-state index in [9.17, 15) is 10.1 Å². The Balaban J connectivity index is 1.47. The third-order valence-corrected chi connectivity index (χ3v) is 5.23. The number of amides is 1. The highest BCUT2D eigenvalue weighted by molar-refractivity contribution is 6.10. The minimum absolute atomic E-state index is 0.0219. The van der Waals surface area contributed by atoms with Crippen LogP contribution in [0, 0.1) is 18.3 Å². The van der Waals surface area contributed by atoms with E-state index >= 15 is 0 Å². The highest BCUT2D eigenvalue weighted by Crippen LogP contribution is 2.24. The van der Waals surface area contributed by atoms with Crippen LogP contribution in [0.3, 0.4) is 0 Å². The number of hydrogen-bond donors (Lipinski definition) is 1. The van der Waals surface area contributed by atoms with Gasteiger partial charge in [0.2, 0.25) is 0 Å². The highest BCUT2D eigenvalue weighted by Gasteiger charge is 2.14. The van der Waals surface area contributed by atoms with Gasteiger partial charge in [0, 0.05) is 35.3 Å². The van der Waals surface area contributed by atoms with Gasteiger partial charge >= 0.3 is 0 Å². The van der Waals surface area contributed by atoms with Crippen molar-refractivity contribution in [3.63, 3.8) is 0 Å². The van der Waals surface area contributed by atoms with Crippen LogP contribution in [0.4, 0.5) is 5.82 Å². The third-order valence-electron chi connectivity index (χ3n) is 5.23. The van der Waals surface area contributed by atoms with Gasteiger partial charge < -0.3 is 23.9 Å². The van der Waals surface area contributed by atoms with Crippen molar-refractivity contribution in [1.29, 1.82) is 5.26 Å². The molecule has 34 heavy (non-hydrogen) atoms. The molecule has 0 bridgehead atoms. The van der Waals surface area contributed by atoms with E-state index in [0.717, 1.165) is 40.9 Å². The molecule has 4 rings (SSSR count). The summed E-state index contributed by atoms with van der Waals surface area (Å²) >= 11 is 0. The second kappa shape index (κ2) is 10.4. The molecule has 1 N–H and O–H groups in total. The number of fused-ring (bicyclic) bond motifs is 1. The predicted octanol–water partition coefficient (Wildman–Crippen LogP) is 4.96. The Morgan fingerprint density at radius 2 is 1.97 bits per heavy atom. The van der Waals surface area contributed by atoms with Crippen molar-refractivity contribution < 1.29 is 18.8 Å². The summed E-state index contributed by atoms with van der Waals surface area (Å²) < 4.78 is 18.0.